The normalized spacial score (nSPS) is 26.1. The predicted octanol–water partition coefficient (Wildman–Crippen LogP) is 2.04. The molecule has 1 unspecified atom stereocenters. The summed E-state index contributed by atoms with van der Waals surface area (Å²) in [6, 6.07) is 2.29. The van der Waals surface area contributed by atoms with Crippen molar-refractivity contribution in [3.63, 3.8) is 0 Å². The van der Waals surface area contributed by atoms with Crippen LogP contribution in [0.25, 0.3) is 0 Å². The number of hydrogen-bond donors (Lipinski definition) is 0. The van der Waals surface area contributed by atoms with Crippen molar-refractivity contribution in [2.75, 3.05) is 26.8 Å². The molecule has 0 N–H and O–H groups in total. The first-order chi connectivity index (χ1) is 7.10. The molecule has 3 heteroatoms. The van der Waals surface area contributed by atoms with Gasteiger partial charge in [0.1, 0.15) is 0 Å². The van der Waals surface area contributed by atoms with Gasteiger partial charge < -0.3 is 4.74 Å². The highest BCUT2D eigenvalue weighted by molar-refractivity contribution is 4.92. The van der Waals surface area contributed by atoms with Crippen LogP contribution in [0.15, 0.2) is 0 Å². The number of methoxy groups -OCH3 is 1. The topological polar surface area (TPSA) is 36.3 Å². The van der Waals surface area contributed by atoms with E-state index in [0.717, 1.165) is 32.5 Å². The van der Waals surface area contributed by atoms with E-state index in [-0.39, 0.29) is 5.54 Å². The molecule has 1 aliphatic heterocycles. The van der Waals surface area contributed by atoms with Gasteiger partial charge in [-0.05, 0) is 39.2 Å². The van der Waals surface area contributed by atoms with Crippen LogP contribution in [-0.2, 0) is 4.74 Å². The molecule has 0 saturated carbocycles. The van der Waals surface area contributed by atoms with Crippen LogP contribution in [0.4, 0.5) is 0 Å². The van der Waals surface area contributed by atoms with Gasteiger partial charge in [-0.15, -0.1) is 0 Å². The van der Waals surface area contributed by atoms with Gasteiger partial charge in [0.25, 0.3) is 0 Å². The van der Waals surface area contributed by atoms with Gasteiger partial charge in [0, 0.05) is 25.6 Å². The largest absolute Gasteiger partial charge is 0.383 e. The van der Waals surface area contributed by atoms with E-state index in [1.54, 1.807) is 7.11 Å². The second-order valence-corrected chi connectivity index (χ2v) is 5.01. The SMILES string of the molecule is COCCN1CCC(CC#N)CC1(C)C. The van der Waals surface area contributed by atoms with Crippen molar-refractivity contribution in [3.8, 4) is 6.07 Å². The molecule has 15 heavy (non-hydrogen) atoms. The van der Waals surface area contributed by atoms with E-state index >= 15 is 0 Å². The van der Waals surface area contributed by atoms with Crippen LogP contribution in [0.1, 0.15) is 33.1 Å². The Morgan fingerprint density at radius 3 is 2.80 bits per heavy atom. The Morgan fingerprint density at radius 2 is 2.27 bits per heavy atom. The third-order valence-corrected chi connectivity index (χ3v) is 3.40. The molecule has 1 fully saturated rings. The number of nitrogens with zero attached hydrogens (tertiary/aromatic N) is 2. The maximum absolute atomic E-state index is 8.71. The van der Waals surface area contributed by atoms with Gasteiger partial charge in [0.05, 0.1) is 12.7 Å². The molecule has 0 bridgehead atoms. The lowest BCUT2D eigenvalue weighted by Gasteiger charge is -2.45. The Kier molecular flexibility index (Phi) is 4.56. The first kappa shape index (κ1) is 12.5. The van der Waals surface area contributed by atoms with Crippen LogP contribution in [0.5, 0.6) is 0 Å². The fourth-order valence-electron chi connectivity index (χ4n) is 2.50. The van der Waals surface area contributed by atoms with Crippen molar-refractivity contribution in [1.82, 2.24) is 4.90 Å². The second-order valence-electron chi connectivity index (χ2n) is 5.01. The van der Waals surface area contributed by atoms with Crippen LogP contribution in [0, 0.1) is 17.2 Å². The van der Waals surface area contributed by atoms with E-state index in [2.05, 4.69) is 24.8 Å². The molecular formula is C12H22N2O. The van der Waals surface area contributed by atoms with Gasteiger partial charge >= 0.3 is 0 Å². The monoisotopic (exact) mass is 210 g/mol. The third-order valence-electron chi connectivity index (χ3n) is 3.40. The molecule has 0 amide bonds. The average Bonchev–Trinajstić information content (AvgIpc) is 2.16. The molecule has 0 aromatic carbocycles. The molecule has 0 aromatic heterocycles. The van der Waals surface area contributed by atoms with Crippen molar-refractivity contribution in [2.45, 2.75) is 38.6 Å². The minimum Gasteiger partial charge on any atom is -0.383 e. The summed E-state index contributed by atoms with van der Waals surface area (Å²) in [4.78, 5) is 2.48. The molecular weight excluding hydrogens is 188 g/mol. The summed E-state index contributed by atoms with van der Waals surface area (Å²) in [7, 11) is 1.75. The van der Waals surface area contributed by atoms with Crippen LogP contribution < -0.4 is 0 Å². The zero-order valence-electron chi connectivity index (χ0n) is 10.1. The third kappa shape index (κ3) is 3.48. The first-order valence-corrected chi connectivity index (χ1v) is 5.71. The Labute approximate surface area is 93.0 Å². The van der Waals surface area contributed by atoms with Crippen LogP contribution in [-0.4, -0.2) is 37.2 Å². The summed E-state index contributed by atoms with van der Waals surface area (Å²) < 4.78 is 5.12. The molecule has 3 nitrogen and oxygen atoms in total. The second kappa shape index (κ2) is 5.48. The quantitative estimate of drug-likeness (QED) is 0.712. The van der Waals surface area contributed by atoms with E-state index in [4.69, 9.17) is 10.00 Å². The number of likely N-dealkylation sites (tertiary alicyclic amines) is 1. The number of ether oxygens (including phenoxy) is 1. The summed E-state index contributed by atoms with van der Waals surface area (Å²) in [6.07, 6.45) is 2.99. The van der Waals surface area contributed by atoms with Gasteiger partial charge in [-0.2, -0.15) is 5.26 Å². The van der Waals surface area contributed by atoms with Crippen molar-refractivity contribution in [1.29, 1.82) is 5.26 Å². The molecule has 0 spiro atoms. The van der Waals surface area contributed by atoms with Crippen molar-refractivity contribution >= 4 is 0 Å². The lowest BCUT2D eigenvalue weighted by molar-refractivity contribution is 0.0261. The zero-order chi connectivity index (χ0) is 11.3. The highest BCUT2D eigenvalue weighted by Crippen LogP contribution is 2.32. The molecule has 1 rings (SSSR count). The van der Waals surface area contributed by atoms with E-state index < -0.39 is 0 Å². The van der Waals surface area contributed by atoms with E-state index in [1.165, 1.54) is 0 Å². The lowest BCUT2D eigenvalue weighted by Crippen LogP contribution is -2.51. The first-order valence-electron chi connectivity index (χ1n) is 5.71. The summed E-state index contributed by atoms with van der Waals surface area (Å²) in [5, 5.41) is 8.71. The summed E-state index contributed by atoms with van der Waals surface area (Å²) in [5.41, 5.74) is 0.221. The Balaban J connectivity index is 2.47. The molecule has 0 aromatic rings. The van der Waals surface area contributed by atoms with Crippen LogP contribution in [0.3, 0.4) is 0 Å². The number of rotatable bonds is 4. The minimum atomic E-state index is 0.221. The van der Waals surface area contributed by atoms with Crippen LogP contribution >= 0.6 is 0 Å². The maximum Gasteiger partial charge on any atom is 0.0624 e. The number of hydrogen-bond acceptors (Lipinski definition) is 3. The highest BCUT2D eigenvalue weighted by atomic mass is 16.5. The minimum absolute atomic E-state index is 0.221. The van der Waals surface area contributed by atoms with E-state index in [9.17, 15) is 0 Å². The molecule has 1 aliphatic rings. The van der Waals surface area contributed by atoms with Gasteiger partial charge in [0.15, 0.2) is 0 Å². The van der Waals surface area contributed by atoms with Crippen molar-refractivity contribution < 1.29 is 4.74 Å². The molecule has 0 aliphatic carbocycles. The molecule has 1 heterocycles. The maximum atomic E-state index is 8.71. The van der Waals surface area contributed by atoms with Crippen molar-refractivity contribution in [2.24, 2.45) is 5.92 Å². The Bertz CT molecular complexity index is 232. The molecule has 0 radical (unpaired) electrons. The average molecular weight is 210 g/mol. The smallest absolute Gasteiger partial charge is 0.0624 e. The van der Waals surface area contributed by atoms with Gasteiger partial charge in [-0.25, -0.2) is 0 Å². The number of nitriles is 1. The Hall–Kier alpha value is -0.590. The summed E-state index contributed by atoms with van der Waals surface area (Å²) >= 11 is 0. The Morgan fingerprint density at radius 1 is 1.53 bits per heavy atom. The molecule has 86 valence electrons. The van der Waals surface area contributed by atoms with Gasteiger partial charge in [0.2, 0.25) is 0 Å². The zero-order valence-corrected chi connectivity index (χ0v) is 10.1. The van der Waals surface area contributed by atoms with Gasteiger partial charge in [-0.1, -0.05) is 0 Å². The van der Waals surface area contributed by atoms with E-state index in [0.29, 0.717) is 12.3 Å². The standard InChI is InChI=1S/C12H22N2O/c1-12(2)10-11(4-6-13)5-7-14(12)8-9-15-3/h11H,4-5,7-10H2,1-3H3. The van der Waals surface area contributed by atoms with E-state index in [1.807, 2.05) is 0 Å². The summed E-state index contributed by atoms with van der Waals surface area (Å²) in [5.74, 6) is 0.587. The summed E-state index contributed by atoms with van der Waals surface area (Å²) in [6.45, 7) is 7.44. The highest BCUT2D eigenvalue weighted by Gasteiger charge is 2.33. The van der Waals surface area contributed by atoms with Gasteiger partial charge in [-0.3, -0.25) is 4.90 Å². The van der Waals surface area contributed by atoms with Crippen LogP contribution in [0.2, 0.25) is 0 Å². The molecule has 1 atom stereocenters. The fourth-order valence-corrected chi connectivity index (χ4v) is 2.50. The van der Waals surface area contributed by atoms with Crippen molar-refractivity contribution in [3.05, 3.63) is 0 Å². The predicted molar refractivity (Wildman–Crippen MR) is 60.5 cm³/mol. The number of piperidine rings is 1. The molecule has 1 saturated heterocycles. The fraction of sp³-hybridized carbons (Fsp3) is 0.917. The lowest BCUT2D eigenvalue weighted by atomic mass is 9.81.